The summed E-state index contributed by atoms with van der Waals surface area (Å²) in [5.74, 6) is -1.05. The summed E-state index contributed by atoms with van der Waals surface area (Å²) in [6, 6.07) is 9.99. The topological polar surface area (TPSA) is 152 Å². The molecule has 1 saturated heterocycles. The van der Waals surface area contributed by atoms with Gasteiger partial charge in [-0.1, -0.05) is 29.2 Å². The second-order valence-corrected chi connectivity index (χ2v) is 13.6. The van der Waals surface area contributed by atoms with E-state index in [-0.39, 0.29) is 39.4 Å². The second-order valence-electron chi connectivity index (χ2n) is 9.56. The van der Waals surface area contributed by atoms with Gasteiger partial charge in [-0.25, -0.2) is 8.42 Å². The molecular weight excluding hydrogens is 642 g/mol. The molecule has 5 rings (SSSR count). The molecule has 3 heterocycles. The smallest absolute Gasteiger partial charge is 0.345 e. The summed E-state index contributed by atoms with van der Waals surface area (Å²) >= 11 is 2.12. The molecule has 0 unspecified atom stereocenters. The molecule has 232 valence electrons. The van der Waals surface area contributed by atoms with Crippen molar-refractivity contribution in [2.45, 2.75) is 42.5 Å². The fourth-order valence-corrected chi connectivity index (χ4v) is 7.23. The molecule has 2 aromatic heterocycles. The minimum absolute atomic E-state index is 0.0761. The van der Waals surface area contributed by atoms with Gasteiger partial charge in [0.15, 0.2) is 11.0 Å². The van der Waals surface area contributed by atoms with Crippen molar-refractivity contribution in [1.29, 1.82) is 0 Å². The van der Waals surface area contributed by atoms with Crippen molar-refractivity contribution >= 4 is 50.1 Å². The summed E-state index contributed by atoms with van der Waals surface area (Å²) < 4.78 is 68.8. The van der Waals surface area contributed by atoms with Crippen LogP contribution >= 0.6 is 23.1 Å². The number of aryl methyl sites for hydroxylation is 1. The Labute approximate surface area is 258 Å². The Kier molecular flexibility index (Phi) is 9.33. The summed E-state index contributed by atoms with van der Waals surface area (Å²) in [7, 11) is -3.65. The van der Waals surface area contributed by atoms with E-state index in [4.69, 9.17) is 0 Å². The molecule has 0 radical (unpaired) electrons. The van der Waals surface area contributed by atoms with Gasteiger partial charge in [0, 0.05) is 18.7 Å². The first-order chi connectivity index (χ1) is 20.9. The number of benzene rings is 2. The van der Waals surface area contributed by atoms with Crippen molar-refractivity contribution in [3.8, 4) is 5.69 Å². The number of hydrogen-bond acceptors (Lipinski definition) is 10. The SMILES string of the molecule is Cc1nnc(NC(=O)CSc2nnc(CNC(=O)c3ccc(S(=O)(=O)N4CCCC4)cc3)n2-c2cccc(C(F)(F)F)c2)s1. The summed E-state index contributed by atoms with van der Waals surface area (Å²) in [6.45, 7) is 2.40. The zero-order chi connectivity index (χ0) is 31.5. The van der Waals surface area contributed by atoms with Gasteiger partial charge in [0.25, 0.3) is 5.91 Å². The number of amides is 2. The molecule has 4 aromatic rings. The first kappa shape index (κ1) is 31.6. The molecule has 1 aliphatic rings. The van der Waals surface area contributed by atoms with Gasteiger partial charge in [0.2, 0.25) is 21.1 Å². The van der Waals surface area contributed by atoms with Gasteiger partial charge in [0.05, 0.1) is 28.4 Å². The van der Waals surface area contributed by atoms with Crippen LogP contribution in [-0.4, -0.2) is 68.3 Å². The number of halogens is 3. The molecule has 0 atom stereocenters. The number of anilines is 1. The number of aromatic nitrogens is 5. The molecule has 2 aromatic carbocycles. The third-order valence-corrected chi connectivity index (χ3v) is 10.1. The van der Waals surface area contributed by atoms with Crippen LogP contribution in [0.1, 0.15) is 39.6 Å². The molecular formula is C26H25F3N8O4S3. The average Bonchev–Trinajstić information content (AvgIpc) is 3.76. The average molecular weight is 667 g/mol. The molecule has 0 bridgehead atoms. The van der Waals surface area contributed by atoms with E-state index in [9.17, 15) is 31.2 Å². The quantitative estimate of drug-likeness (QED) is 0.240. The second kappa shape index (κ2) is 13.0. The van der Waals surface area contributed by atoms with Gasteiger partial charge >= 0.3 is 6.18 Å². The van der Waals surface area contributed by atoms with E-state index in [2.05, 4.69) is 31.0 Å². The van der Waals surface area contributed by atoms with Crippen LogP contribution in [-0.2, 0) is 27.5 Å². The molecule has 1 fully saturated rings. The predicted molar refractivity (Wildman–Crippen MR) is 156 cm³/mol. The largest absolute Gasteiger partial charge is 0.416 e. The maximum absolute atomic E-state index is 13.5. The highest BCUT2D eigenvalue weighted by atomic mass is 32.2. The van der Waals surface area contributed by atoms with Crippen molar-refractivity contribution in [3.63, 3.8) is 0 Å². The fourth-order valence-electron chi connectivity index (χ4n) is 4.34. The number of rotatable bonds is 10. The van der Waals surface area contributed by atoms with Crippen LogP contribution in [0.25, 0.3) is 5.69 Å². The van der Waals surface area contributed by atoms with Crippen LogP contribution < -0.4 is 10.6 Å². The van der Waals surface area contributed by atoms with E-state index < -0.39 is 33.6 Å². The summed E-state index contributed by atoms with van der Waals surface area (Å²) in [4.78, 5) is 25.5. The molecule has 44 heavy (non-hydrogen) atoms. The van der Waals surface area contributed by atoms with E-state index in [1.54, 1.807) is 6.92 Å². The fraction of sp³-hybridized carbons (Fsp3) is 0.308. The minimum atomic E-state index is -4.61. The van der Waals surface area contributed by atoms with Gasteiger partial charge in [-0.2, -0.15) is 17.5 Å². The number of sulfonamides is 1. The minimum Gasteiger partial charge on any atom is -0.345 e. The van der Waals surface area contributed by atoms with E-state index in [0.29, 0.717) is 23.2 Å². The third kappa shape index (κ3) is 7.25. The number of nitrogens with zero attached hydrogens (tertiary/aromatic N) is 6. The molecule has 0 spiro atoms. The lowest BCUT2D eigenvalue weighted by Gasteiger charge is -2.15. The van der Waals surface area contributed by atoms with Crippen LogP contribution in [0.4, 0.5) is 18.3 Å². The molecule has 2 N–H and O–H groups in total. The standard InChI is InChI=1S/C26H25F3N8O4S3/c1-16-32-34-24(43-16)31-22(38)15-42-25-35-33-21(37(25)19-6-4-5-18(13-19)26(27,28)29)14-30-23(39)17-7-9-20(10-8-17)44(40,41)36-11-2-3-12-36/h4-10,13H,2-3,11-12,14-15H2,1H3,(H,30,39)(H,31,34,38). The monoisotopic (exact) mass is 666 g/mol. The van der Waals surface area contributed by atoms with Crippen molar-refractivity contribution < 1.29 is 31.2 Å². The summed E-state index contributed by atoms with van der Waals surface area (Å²) in [6.07, 6.45) is -3.02. The van der Waals surface area contributed by atoms with Gasteiger partial charge in [-0.05, 0) is 62.2 Å². The van der Waals surface area contributed by atoms with Gasteiger partial charge in [0.1, 0.15) is 5.01 Å². The summed E-state index contributed by atoms with van der Waals surface area (Å²) in [5.41, 5.74) is -0.648. The molecule has 18 heteroatoms. The first-order valence-corrected chi connectivity index (χ1v) is 16.4. The number of carbonyl (C=O) groups is 2. The highest BCUT2D eigenvalue weighted by Crippen LogP contribution is 2.32. The number of alkyl halides is 3. The van der Waals surface area contributed by atoms with Crippen LogP contribution in [0.5, 0.6) is 0 Å². The first-order valence-electron chi connectivity index (χ1n) is 13.1. The van der Waals surface area contributed by atoms with E-state index in [1.807, 2.05) is 0 Å². The van der Waals surface area contributed by atoms with Crippen LogP contribution in [0.15, 0.2) is 58.6 Å². The predicted octanol–water partition coefficient (Wildman–Crippen LogP) is 3.89. The Bertz CT molecular complexity index is 1770. The Morgan fingerprint density at radius 1 is 1.02 bits per heavy atom. The van der Waals surface area contributed by atoms with Crippen LogP contribution in [0.2, 0.25) is 0 Å². The van der Waals surface area contributed by atoms with Gasteiger partial charge in [-0.15, -0.1) is 20.4 Å². The van der Waals surface area contributed by atoms with Crippen LogP contribution in [0.3, 0.4) is 0 Å². The van der Waals surface area contributed by atoms with E-state index in [0.717, 1.165) is 36.7 Å². The summed E-state index contributed by atoms with van der Waals surface area (Å²) in [5, 5.41) is 22.1. The van der Waals surface area contributed by atoms with E-state index in [1.165, 1.54) is 56.6 Å². The number of nitrogens with one attached hydrogen (secondary N) is 2. The van der Waals surface area contributed by atoms with Gasteiger partial charge < -0.3 is 5.32 Å². The molecule has 0 saturated carbocycles. The van der Waals surface area contributed by atoms with Crippen LogP contribution in [0, 0.1) is 6.92 Å². The number of thioether (sulfide) groups is 1. The number of hydrogen-bond donors (Lipinski definition) is 2. The molecule has 0 aliphatic carbocycles. The van der Waals surface area contributed by atoms with Crippen molar-refractivity contribution in [3.05, 3.63) is 70.5 Å². The highest BCUT2D eigenvalue weighted by Gasteiger charge is 2.31. The molecule has 1 aliphatic heterocycles. The maximum atomic E-state index is 13.5. The van der Waals surface area contributed by atoms with Crippen molar-refractivity contribution in [2.24, 2.45) is 0 Å². The Hall–Kier alpha value is -3.87. The lowest BCUT2D eigenvalue weighted by Crippen LogP contribution is -2.28. The van der Waals surface area contributed by atoms with Crippen molar-refractivity contribution in [1.82, 2.24) is 34.6 Å². The Morgan fingerprint density at radius 2 is 1.75 bits per heavy atom. The lowest BCUT2D eigenvalue weighted by molar-refractivity contribution is -0.137. The molecule has 12 nitrogen and oxygen atoms in total. The Balaban J connectivity index is 1.33. The number of carbonyl (C=O) groups excluding carboxylic acids is 2. The van der Waals surface area contributed by atoms with E-state index >= 15 is 0 Å². The highest BCUT2D eigenvalue weighted by molar-refractivity contribution is 7.99. The van der Waals surface area contributed by atoms with Crippen molar-refractivity contribution in [2.75, 3.05) is 24.2 Å². The normalized spacial score (nSPS) is 14.1. The third-order valence-electron chi connectivity index (χ3n) is 6.46. The maximum Gasteiger partial charge on any atom is 0.416 e. The zero-order valence-corrected chi connectivity index (χ0v) is 25.5. The Morgan fingerprint density at radius 3 is 2.41 bits per heavy atom. The zero-order valence-electron chi connectivity index (χ0n) is 23.0. The lowest BCUT2D eigenvalue weighted by atomic mass is 10.2. The van der Waals surface area contributed by atoms with Gasteiger partial charge in [-0.3, -0.25) is 19.5 Å². The molecule has 2 amide bonds.